The van der Waals surface area contributed by atoms with Gasteiger partial charge in [-0.2, -0.15) is 0 Å². The van der Waals surface area contributed by atoms with Crippen LogP contribution in [0.4, 0.5) is 0 Å². The highest BCUT2D eigenvalue weighted by Gasteiger charge is 2.29. The predicted octanol–water partition coefficient (Wildman–Crippen LogP) is 2.02. The number of nitrogens with one attached hydrogen (secondary N) is 1. The molecular weight excluding hydrogens is 246 g/mol. The Kier molecular flexibility index (Phi) is 5.12. The summed E-state index contributed by atoms with van der Waals surface area (Å²) in [6.07, 6.45) is 0.703. The van der Waals surface area contributed by atoms with Crippen molar-refractivity contribution in [2.24, 2.45) is 0 Å². The molecule has 16 heavy (non-hydrogen) atoms. The molecule has 0 amide bonds. The van der Waals surface area contributed by atoms with E-state index >= 15 is 0 Å². The van der Waals surface area contributed by atoms with E-state index < -0.39 is 5.97 Å². The number of aliphatic carboxylic acids is 1. The Morgan fingerprint density at radius 2 is 2.06 bits per heavy atom. The van der Waals surface area contributed by atoms with E-state index in [2.05, 4.69) is 17.4 Å². The molecule has 0 bridgehead atoms. The lowest BCUT2D eigenvalue weighted by atomic mass is 10.2. The first-order valence-electron chi connectivity index (χ1n) is 4.93. The summed E-state index contributed by atoms with van der Waals surface area (Å²) in [5.74, 6) is -0.744. The van der Waals surface area contributed by atoms with Crippen LogP contribution in [0.5, 0.6) is 0 Å². The van der Waals surface area contributed by atoms with Crippen molar-refractivity contribution in [1.29, 1.82) is 0 Å². The van der Waals surface area contributed by atoms with Gasteiger partial charge >= 0.3 is 5.97 Å². The molecule has 1 aliphatic heterocycles. The van der Waals surface area contributed by atoms with Crippen LogP contribution >= 0.6 is 24.2 Å². The number of halogens is 1. The lowest BCUT2D eigenvalue weighted by molar-refractivity contribution is -0.139. The van der Waals surface area contributed by atoms with Gasteiger partial charge in [0.05, 0.1) is 0 Å². The van der Waals surface area contributed by atoms with E-state index in [4.69, 9.17) is 5.11 Å². The zero-order valence-corrected chi connectivity index (χ0v) is 10.3. The minimum atomic E-state index is -0.744. The molecule has 1 heterocycles. The van der Waals surface area contributed by atoms with Crippen LogP contribution in [0, 0.1) is 0 Å². The Labute approximate surface area is 105 Å². The van der Waals surface area contributed by atoms with Gasteiger partial charge in [0.1, 0.15) is 6.04 Å². The molecule has 1 aliphatic rings. The maximum absolute atomic E-state index is 10.7. The van der Waals surface area contributed by atoms with Gasteiger partial charge in [0, 0.05) is 16.7 Å². The number of hydrogen-bond donors (Lipinski definition) is 2. The second kappa shape index (κ2) is 6.13. The van der Waals surface area contributed by atoms with Crippen LogP contribution in [0.1, 0.15) is 6.42 Å². The van der Waals surface area contributed by atoms with E-state index in [1.165, 1.54) is 4.90 Å². The second-order valence-corrected chi connectivity index (χ2v) is 4.96. The van der Waals surface area contributed by atoms with Gasteiger partial charge in [-0.3, -0.25) is 4.79 Å². The molecule has 2 atom stereocenters. The summed E-state index contributed by atoms with van der Waals surface area (Å²) < 4.78 is 0. The molecule has 2 rings (SSSR count). The molecule has 0 unspecified atom stereocenters. The summed E-state index contributed by atoms with van der Waals surface area (Å²) in [6, 6.07) is 9.72. The summed E-state index contributed by atoms with van der Waals surface area (Å²) in [5.41, 5.74) is 0. The summed E-state index contributed by atoms with van der Waals surface area (Å²) in [5, 5.41) is 12.2. The van der Waals surface area contributed by atoms with Gasteiger partial charge in [-0.1, -0.05) is 18.2 Å². The minimum Gasteiger partial charge on any atom is -0.480 e. The molecule has 1 saturated heterocycles. The SMILES string of the molecule is Cl.O=C(O)[C@H]1C[C@@H](Sc2ccccc2)CN1. The highest BCUT2D eigenvalue weighted by atomic mass is 35.5. The van der Waals surface area contributed by atoms with E-state index in [9.17, 15) is 4.79 Å². The molecular formula is C11H14ClNO2S. The molecule has 0 aliphatic carbocycles. The number of carboxylic acid groups (broad SMARTS) is 1. The Morgan fingerprint density at radius 3 is 2.62 bits per heavy atom. The molecule has 3 nitrogen and oxygen atoms in total. The summed E-state index contributed by atoms with van der Waals surface area (Å²) >= 11 is 1.75. The number of carboxylic acids is 1. The van der Waals surface area contributed by atoms with Crippen molar-refractivity contribution < 1.29 is 9.90 Å². The van der Waals surface area contributed by atoms with Crippen molar-refractivity contribution in [1.82, 2.24) is 5.32 Å². The van der Waals surface area contributed by atoms with Crippen molar-refractivity contribution >= 4 is 30.1 Å². The average Bonchev–Trinajstić information content (AvgIpc) is 2.68. The van der Waals surface area contributed by atoms with Gasteiger partial charge < -0.3 is 10.4 Å². The Hall–Kier alpha value is -0.710. The van der Waals surface area contributed by atoms with Crippen LogP contribution in [-0.2, 0) is 4.79 Å². The fourth-order valence-electron chi connectivity index (χ4n) is 1.67. The third-order valence-corrected chi connectivity index (χ3v) is 3.67. The largest absolute Gasteiger partial charge is 0.480 e. The summed E-state index contributed by atoms with van der Waals surface area (Å²) in [7, 11) is 0. The quantitative estimate of drug-likeness (QED) is 0.872. The van der Waals surface area contributed by atoms with Crippen LogP contribution in [0.15, 0.2) is 35.2 Å². The molecule has 0 radical (unpaired) electrons. The summed E-state index contributed by atoms with van der Waals surface area (Å²) in [6.45, 7) is 0.774. The van der Waals surface area contributed by atoms with Gasteiger partial charge in [0.2, 0.25) is 0 Å². The normalized spacial score (nSPS) is 23.8. The van der Waals surface area contributed by atoms with Crippen molar-refractivity contribution in [2.45, 2.75) is 22.6 Å². The first-order chi connectivity index (χ1) is 7.25. The third-order valence-electron chi connectivity index (χ3n) is 2.43. The highest BCUT2D eigenvalue weighted by molar-refractivity contribution is 8.00. The molecule has 1 fully saturated rings. The topological polar surface area (TPSA) is 49.3 Å². The number of rotatable bonds is 3. The zero-order chi connectivity index (χ0) is 10.7. The highest BCUT2D eigenvalue weighted by Crippen LogP contribution is 2.28. The Morgan fingerprint density at radius 1 is 1.38 bits per heavy atom. The third kappa shape index (κ3) is 3.40. The lowest BCUT2D eigenvalue weighted by Crippen LogP contribution is -2.29. The minimum absolute atomic E-state index is 0. The lowest BCUT2D eigenvalue weighted by Gasteiger charge is -2.07. The van der Waals surface area contributed by atoms with Crippen LogP contribution in [0.2, 0.25) is 0 Å². The molecule has 0 saturated carbocycles. The van der Waals surface area contributed by atoms with Crippen LogP contribution in [0.25, 0.3) is 0 Å². The predicted molar refractivity (Wildman–Crippen MR) is 67.4 cm³/mol. The van der Waals surface area contributed by atoms with Crippen LogP contribution < -0.4 is 5.32 Å². The van der Waals surface area contributed by atoms with Gasteiger partial charge in [0.25, 0.3) is 0 Å². The number of benzene rings is 1. The smallest absolute Gasteiger partial charge is 0.320 e. The number of carbonyl (C=O) groups is 1. The van der Waals surface area contributed by atoms with Gasteiger partial charge in [-0.15, -0.1) is 24.2 Å². The Balaban J connectivity index is 0.00000128. The van der Waals surface area contributed by atoms with Gasteiger partial charge in [0.15, 0.2) is 0 Å². The summed E-state index contributed by atoms with van der Waals surface area (Å²) in [4.78, 5) is 11.9. The fraction of sp³-hybridized carbons (Fsp3) is 0.364. The van der Waals surface area contributed by atoms with E-state index in [-0.39, 0.29) is 18.4 Å². The van der Waals surface area contributed by atoms with Crippen molar-refractivity contribution in [3.8, 4) is 0 Å². The Bertz CT molecular complexity index is 347. The molecule has 5 heteroatoms. The number of hydrogen-bond acceptors (Lipinski definition) is 3. The first-order valence-corrected chi connectivity index (χ1v) is 5.81. The van der Waals surface area contributed by atoms with Crippen LogP contribution in [-0.4, -0.2) is 28.9 Å². The van der Waals surface area contributed by atoms with Crippen molar-refractivity contribution in [3.63, 3.8) is 0 Å². The number of thioether (sulfide) groups is 1. The average molecular weight is 260 g/mol. The molecule has 88 valence electrons. The van der Waals surface area contributed by atoms with E-state index in [1.807, 2.05) is 18.2 Å². The molecule has 1 aromatic rings. The molecule has 0 spiro atoms. The van der Waals surface area contributed by atoms with Gasteiger partial charge in [-0.05, 0) is 18.6 Å². The molecule has 0 aromatic heterocycles. The van der Waals surface area contributed by atoms with E-state index in [0.29, 0.717) is 11.7 Å². The monoisotopic (exact) mass is 259 g/mol. The van der Waals surface area contributed by atoms with Crippen molar-refractivity contribution in [2.75, 3.05) is 6.54 Å². The van der Waals surface area contributed by atoms with Crippen molar-refractivity contribution in [3.05, 3.63) is 30.3 Å². The van der Waals surface area contributed by atoms with E-state index in [0.717, 1.165) is 6.54 Å². The first kappa shape index (κ1) is 13.4. The van der Waals surface area contributed by atoms with Gasteiger partial charge in [-0.25, -0.2) is 0 Å². The fourth-order valence-corrected chi connectivity index (χ4v) is 2.84. The van der Waals surface area contributed by atoms with Crippen LogP contribution in [0.3, 0.4) is 0 Å². The molecule has 2 N–H and O–H groups in total. The molecule has 1 aromatic carbocycles. The standard InChI is InChI=1S/C11H13NO2S.ClH/c13-11(14)10-6-9(7-12-10)15-8-4-2-1-3-5-8;/h1-5,9-10,12H,6-7H2,(H,13,14);1H/t9-,10-;/m1./s1. The van der Waals surface area contributed by atoms with E-state index in [1.54, 1.807) is 11.8 Å². The maximum atomic E-state index is 10.7. The maximum Gasteiger partial charge on any atom is 0.320 e. The zero-order valence-electron chi connectivity index (χ0n) is 8.63. The second-order valence-electron chi connectivity index (χ2n) is 3.59.